The fraction of sp³-hybridized carbons (Fsp3) is 0.391. The Labute approximate surface area is 190 Å². The molecule has 1 aliphatic carbocycles. The molecule has 5 nitrogen and oxygen atoms in total. The van der Waals surface area contributed by atoms with Crippen molar-refractivity contribution >= 4 is 39.3 Å². The summed E-state index contributed by atoms with van der Waals surface area (Å²) in [6.45, 7) is 1.83. The lowest BCUT2D eigenvalue weighted by atomic mass is 10.1. The van der Waals surface area contributed by atoms with Crippen LogP contribution in [0.1, 0.15) is 38.2 Å². The number of ether oxygens (including phenoxy) is 1. The molecule has 2 aromatic carbocycles. The van der Waals surface area contributed by atoms with Crippen molar-refractivity contribution in [1.82, 2.24) is 10.2 Å². The Balaban J connectivity index is 1.71. The SMILES string of the molecule is C[C@H](C(=O)NC1CCCC1)N(Cc1ccccc1Cl)C(=O)COc1ccc(Br)cc1. The molecule has 160 valence electrons. The van der Waals surface area contributed by atoms with E-state index in [4.69, 9.17) is 16.3 Å². The molecule has 1 aliphatic rings. The van der Waals surface area contributed by atoms with Gasteiger partial charge in [-0.1, -0.05) is 58.6 Å². The van der Waals surface area contributed by atoms with Crippen molar-refractivity contribution in [3.63, 3.8) is 0 Å². The molecule has 1 fully saturated rings. The van der Waals surface area contributed by atoms with Crippen molar-refractivity contribution in [2.45, 2.75) is 51.2 Å². The number of nitrogens with zero attached hydrogens (tertiary/aromatic N) is 1. The Kier molecular flexibility index (Phi) is 8.16. The lowest BCUT2D eigenvalue weighted by Gasteiger charge is -2.30. The Morgan fingerprint density at radius 1 is 1.17 bits per heavy atom. The predicted molar refractivity (Wildman–Crippen MR) is 121 cm³/mol. The molecule has 7 heteroatoms. The lowest BCUT2D eigenvalue weighted by molar-refractivity contribution is -0.142. The third kappa shape index (κ3) is 6.22. The normalized spacial score (nSPS) is 14.9. The van der Waals surface area contributed by atoms with Crippen LogP contribution in [-0.2, 0) is 16.1 Å². The molecule has 1 atom stereocenters. The van der Waals surface area contributed by atoms with Crippen LogP contribution < -0.4 is 10.1 Å². The van der Waals surface area contributed by atoms with Gasteiger partial charge in [0.1, 0.15) is 11.8 Å². The second kappa shape index (κ2) is 10.8. The van der Waals surface area contributed by atoms with E-state index in [9.17, 15) is 9.59 Å². The van der Waals surface area contributed by atoms with Crippen molar-refractivity contribution in [3.05, 3.63) is 63.6 Å². The molecule has 0 radical (unpaired) electrons. The van der Waals surface area contributed by atoms with E-state index in [0.717, 1.165) is 35.7 Å². The van der Waals surface area contributed by atoms with Gasteiger partial charge in [0, 0.05) is 22.1 Å². The standard InChI is InChI=1S/C23H26BrClN2O3/c1-16(23(29)26-19-7-3-4-8-19)27(14-17-6-2-5-9-21(17)25)22(28)15-30-20-12-10-18(24)11-13-20/h2,5-6,9-13,16,19H,3-4,7-8,14-15H2,1H3,(H,26,29)/t16-/m1/s1. The van der Waals surface area contributed by atoms with Gasteiger partial charge >= 0.3 is 0 Å². The van der Waals surface area contributed by atoms with E-state index in [1.165, 1.54) is 4.90 Å². The molecule has 1 N–H and O–H groups in total. The highest BCUT2D eigenvalue weighted by Gasteiger charge is 2.29. The smallest absolute Gasteiger partial charge is 0.261 e. The van der Waals surface area contributed by atoms with Gasteiger partial charge in [-0.05, 0) is 55.7 Å². The third-order valence-corrected chi connectivity index (χ3v) is 6.24. The van der Waals surface area contributed by atoms with Crippen LogP contribution in [0.5, 0.6) is 5.75 Å². The molecule has 2 aromatic rings. The number of nitrogens with one attached hydrogen (secondary N) is 1. The maximum Gasteiger partial charge on any atom is 0.261 e. The van der Waals surface area contributed by atoms with Gasteiger partial charge < -0.3 is 15.0 Å². The lowest BCUT2D eigenvalue weighted by Crippen LogP contribution is -2.50. The highest BCUT2D eigenvalue weighted by atomic mass is 79.9. The predicted octanol–water partition coefficient (Wildman–Crippen LogP) is 4.96. The van der Waals surface area contributed by atoms with Crippen LogP contribution in [0.15, 0.2) is 53.0 Å². The molecule has 0 heterocycles. The summed E-state index contributed by atoms with van der Waals surface area (Å²) in [5.41, 5.74) is 0.789. The van der Waals surface area contributed by atoms with E-state index in [1.807, 2.05) is 30.3 Å². The van der Waals surface area contributed by atoms with Crippen molar-refractivity contribution in [2.24, 2.45) is 0 Å². The second-order valence-electron chi connectivity index (χ2n) is 7.52. The zero-order chi connectivity index (χ0) is 21.5. The summed E-state index contributed by atoms with van der Waals surface area (Å²) >= 11 is 9.68. The summed E-state index contributed by atoms with van der Waals surface area (Å²) < 4.78 is 6.59. The van der Waals surface area contributed by atoms with E-state index in [2.05, 4.69) is 21.2 Å². The van der Waals surface area contributed by atoms with Gasteiger partial charge in [-0.2, -0.15) is 0 Å². The van der Waals surface area contributed by atoms with E-state index in [0.29, 0.717) is 10.8 Å². The minimum Gasteiger partial charge on any atom is -0.484 e. The van der Waals surface area contributed by atoms with Crippen LogP contribution in [0, 0.1) is 0 Å². The van der Waals surface area contributed by atoms with Gasteiger partial charge in [0.2, 0.25) is 5.91 Å². The molecular weight excluding hydrogens is 468 g/mol. The van der Waals surface area contributed by atoms with Crippen LogP contribution in [-0.4, -0.2) is 35.4 Å². The molecule has 0 saturated heterocycles. The van der Waals surface area contributed by atoms with Crippen LogP contribution in [0.2, 0.25) is 5.02 Å². The first-order chi connectivity index (χ1) is 14.4. The summed E-state index contributed by atoms with van der Waals surface area (Å²) in [6, 6.07) is 14.2. The fourth-order valence-corrected chi connectivity index (χ4v) is 4.00. The molecule has 0 unspecified atom stereocenters. The van der Waals surface area contributed by atoms with Crippen LogP contribution >= 0.6 is 27.5 Å². The number of benzene rings is 2. The maximum absolute atomic E-state index is 13.1. The minimum absolute atomic E-state index is 0.147. The van der Waals surface area contributed by atoms with Gasteiger partial charge in [0.15, 0.2) is 6.61 Å². The average Bonchev–Trinajstić information content (AvgIpc) is 3.25. The fourth-order valence-electron chi connectivity index (χ4n) is 3.54. The Morgan fingerprint density at radius 2 is 1.83 bits per heavy atom. The van der Waals surface area contributed by atoms with Gasteiger partial charge in [0.05, 0.1) is 0 Å². The number of amides is 2. The van der Waals surface area contributed by atoms with Gasteiger partial charge in [-0.25, -0.2) is 0 Å². The Hall–Kier alpha value is -2.05. The zero-order valence-electron chi connectivity index (χ0n) is 16.9. The maximum atomic E-state index is 13.1. The number of carbonyl (C=O) groups excluding carboxylic acids is 2. The number of hydrogen-bond acceptors (Lipinski definition) is 3. The monoisotopic (exact) mass is 492 g/mol. The first-order valence-corrected chi connectivity index (χ1v) is 11.3. The largest absolute Gasteiger partial charge is 0.484 e. The Bertz CT molecular complexity index is 869. The summed E-state index contributed by atoms with van der Waals surface area (Å²) in [6.07, 6.45) is 4.23. The van der Waals surface area contributed by atoms with E-state index in [1.54, 1.807) is 25.1 Å². The highest BCUT2D eigenvalue weighted by molar-refractivity contribution is 9.10. The summed E-state index contributed by atoms with van der Waals surface area (Å²) in [4.78, 5) is 27.4. The average molecular weight is 494 g/mol. The summed E-state index contributed by atoms with van der Waals surface area (Å²) in [5.74, 6) is 0.171. The summed E-state index contributed by atoms with van der Waals surface area (Å²) in [5, 5.41) is 3.65. The van der Waals surface area contributed by atoms with Crippen LogP contribution in [0.3, 0.4) is 0 Å². The number of hydrogen-bond donors (Lipinski definition) is 1. The van der Waals surface area contributed by atoms with Gasteiger partial charge in [0.25, 0.3) is 5.91 Å². The van der Waals surface area contributed by atoms with Crippen LogP contribution in [0.4, 0.5) is 0 Å². The highest BCUT2D eigenvalue weighted by Crippen LogP contribution is 2.21. The molecule has 1 saturated carbocycles. The van der Waals surface area contributed by atoms with Crippen molar-refractivity contribution in [1.29, 1.82) is 0 Å². The number of carbonyl (C=O) groups is 2. The molecule has 0 spiro atoms. The van der Waals surface area contributed by atoms with E-state index >= 15 is 0 Å². The van der Waals surface area contributed by atoms with E-state index in [-0.39, 0.29) is 31.0 Å². The quantitative estimate of drug-likeness (QED) is 0.566. The Morgan fingerprint density at radius 3 is 2.50 bits per heavy atom. The van der Waals surface area contributed by atoms with Crippen molar-refractivity contribution in [3.8, 4) is 5.75 Å². The van der Waals surface area contributed by atoms with Crippen molar-refractivity contribution in [2.75, 3.05) is 6.61 Å². The minimum atomic E-state index is -0.636. The first-order valence-electron chi connectivity index (χ1n) is 10.2. The number of halogens is 2. The summed E-state index contributed by atoms with van der Waals surface area (Å²) in [7, 11) is 0. The molecule has 0 aliphatic heterocycles. The number of rotatable bonds is 8. The van der Waals surface area contributed by atoms with Gasteiger partial charge in [-0.15, -0.1) is 0 Å². The van der Waals surface area contributed by atoms with Gasteiger partial charge in [-0.3, -0.25) is 9.59 Å². The molecule has 30 heavy (non-hydrogen) atoms. The molecule has 0 bridgehead atoms. The first kappa shape index (κ1) is 22.6. The topological polar surface area (TPSA) is 58.6 Å². The van der Waals surface area contributed by atoms with Crippen molar-refractivity contribution < 1.29 is 14.3 Å². The molecule has 3 rings (SSSR count). The third-order valence-electron chi connectivity index (χ3n) is 5.34. The van der Waals surface area contributed by atoms with Crippen LogP contribution in [0.25, 0.3) is 0 Å². The second-order valence-corrected chi connectivity index (χ2v) is 8.84. The zero-order valence-corrected chi connectivity index (χ0v) is 19.3. The van der Waals surface area contributed by atoms with E-state index < -0.39 is 6.04 Å². The molecular formula is C23H26BrClN2O3. The molecule has 0 aromatic heterocycles. The molecule has 2 amide bonds.